The summed E-state index contributed by atoms with van der Waals surface area (Å²) in [5, 5.41) is 1.13. The molecule has 0 bridgehead atoms. The van der Waals surface area contributed by atoms with Crippen LogP contribution in [0, 0.1) is 0 Å². The Morgan fingerprint density at radius 3 is 2.25 bits per heavy atom. The lowest BCUT2D eigenvalue weighted by Gasteiger charge is -2.28. The quantitative estimate of drug-likeness (QED) is 0.445. The molecule has 162 valence electrons. The molecule has 0 spiro atoms. The third kappa shape index (κ3) is 4.01. The van der Waals surface area contributed by atoms with Gasteiger partial charge in [0.1, 0.15) is 0 Å². The molecule has 5 rings (SSSR count). The molecular weight excluding hydrogens is 394 g/mol. The summed E-state index contributed by atoms with van der Waals surface area (Å²) >= 11 is 0. The summed E-state index contributed by atoms with van der Waals surface area (Å²) in [5.41, 5.74) is 7.53. The summed E-state index contributed by atoms with van der Waals surface area (Å²) in [5.74, 6) is 0.159. The smallest absolute Gasteiger partial charge is 0.226 e. The van der Waals surface area contributed by atoms with Crippen LogP contribution in [0.2, 0.25) is 0 Å². The molecule has 4 aromatic rings. The average molecular weight is 424 g/mol. The van der Waals surface area contributed by atoms with E-state index in [9.17, 15) is 4.79 Å². The minimum atomic E-state index is 0.159. The molecule has 0 atom stereocenters. The zero-order chi connectivity index (χ0) is 21.9. The molecule has 1 aliphatic heterocycles. The van der Waals surface area contributed by atoms with Crippen molar-refractivity contribution in [1.82, 2.24) is 9.88 Å². The Kier molecular flexibility index (Phi) is 5.68. The van der Waals surface area contributed by atoms with Crippen LogP contribution in [0.1, 0.15) is 23.1 Å². The Balaban J connectivity index is 1.26. The molecular formula is C28H29N3O. The fourth-order valence-corrected chi connectivity index (χ4v) is 4.78. The summed E-state index contributed by atoms with van der Waals surface area (Å²) in [7, 11) is 1.92. The normalized spacial score (nSPS) is 12.8. The number of fused-ring (bicyclic) bond motifs is 3. The molecule has 4 heteroatoms. The maximum atomic E-state index is 12.9. The lowest BCUT2D eigenvalue weighted by molar-refractivity contribution is -0.129. The first kappa shape index (κ1) is 20.4. The number of aromatic amines is 1. The van der Waals surface area contributed by atoms with E-state index in [0.29, 0.717) is 6.42 Å². The molecule has 0 saturated heterocycles. The van der Waals surface area contributed by atoms with Crippen molar-refractivity contribution in [2.24, 2.45) is 0 Å². The summed E-state index contributed by atoms with van der Waals surface area (Å²) in [6.07, 6.45) is 5.43. The predicted octanol–water partition coefficient (Wildman–Crippen LogP) is 5.50. The lowest BCUT2D eigenvalue weighted by atomic mass is 10.0. The number of anilines is 2. The van der Waals surface area contributed by atoms with Crippen LogP contribution in [0.3, 0.4) is 0 Å². The fraction of sp³-hybridized carbons (Fsp3) is 0.250. The van der Waals surface area contributed by atoms with Crippen molar-refractivity contribution < 1.29 is 4.79 Å². The van der Waals surface area contributed by atoms with Crippen LogP contribution < -0.4 is 4.90 Å². The first-order chi connectivity index (χ1) is 15.7. The molecule has 2 heterocycles. The van der Waals surface area contributed by atoms with E-state index in [1.54, 1.807) is 0 Å². The lowest BCUT2D eigenvalue weighted by Crippen LogP contribution is -2.31. The highest BCUT2D eigenvalue weighted by Gasteiger charge is 2.20. The monoisotopic (exact) mass is 423 g/mol. The maximum Gasteiger partial charge on any atom is 0.226 e. The second-order valence-electron chi connectivity index (χ2n) is 8.61. The molecule has 3 aromatic carbocycles. The van der Waals surface area contributed by atoms with Crippen LogP contribution in [0.4, 0.5) is 11.4 Å². The van der Waals surface area contributed by atoms with E-state index in [1.807, 2.05) is 36.3 Å². The number of likely N-dealkylation sites (N-methyl/N-ethyl adjacent to an activating group) is 1. The predicted molar refractivity (Wildman–Crippen MR) is 132 cm³/mol. The number of nitrogens with zero attached hydrogens (tertiary/aromatic N) is 2. The Morgan fingerprint density at radius 1 is 0.906 bits per heavy atom. The number of amides is 1. The molecule has 0 fully saturated rings. The summed E-state index contributed by atoms with van der Waals surface area (Å²) in [6.45, 7) is 1.63. The standard InChI is InChI=1S/C28H29N3O/c1-30(28(32)19-23-20-29-25-12-5-4-11-24(23)25)17-8-18-31-26-13-6-2-9-21(26)15-16-22-10-3-7-14-27(22)31/h2-7,9-14,20,29H,8,15-19H2,1H3. The van der Waals surface area contributed by atoms with Crippen molar-refractivity contribution in [3.8, 4) is 0 Å². The topological polar surface area (TPSA) is 39.3 Å². The number of H-pyrrole nitrogens is 1. The van der Waals surface area contributed by atoms with Crippen LogP contribution in [-0.2, 0) is 24.1 Å². The van der Waals surface area contributed by atoms with E-state index in [0.717, 1.165) is 48.8 Å². The number of para-hydroxylation sites is 3. The van der Waals surface area contributed by atoms with E-state index >= 15 is 0 Å². The highest BCUT2D eigenvalue weighted by molar-refractivity contribution is 5.88. The van der Waals surface area contributed by atoms with Crippen LogP contribution in [0.15, 0.2) is 79.0 Å². The summed E-state index contributed by atoms with van der Waals surface area (Å²) in [6, 6.07) is 25.6. The molecule has 0 radical (unpaired) electrons. The van der Waals surface area contributed by atoms with Crippen LogP contribution in [-0.4, -0.2) is 35.9 Å². The SMILES string of the molecule is CN(CCCN1c2ccccc2CCc2ccccc21)C(=O)Cc1c[nH]c2ccccc12. The molecule has 32 heavy (non-hydrogen) atoms. The molecule has 0 unspecified atom stereocenters. The second kappa shape index (κ2) is 8.91. The number of hydrogen-bond donors (Lipinski definition) is 1. The maximum absolute atomic E-state index is 12.9. The van der Waals surface area contributed by atoms with E-state index in [1.165, 1.54) is 22.5 Å². The largest absolute Gasteiger partial charge is 0.361 e. The minimum absolute atomic E-state index is 0.159. The van der Waals surface area contributed by atoms with Crippen molar-refractivity contribution in [3.63, 3.8) is 0 Å². The molecule has 1 aliphatic rings. The average Bonchev–Trinajstić information content (AvgIpc) is 3.16. The van der Waals surface area contributed by atoms with Crippen molar-refractivity contribution in [2.45, 2.75) is 25.7 Å². The molecule has 4 nitrogen and oxygen atoms in total. The number of carbonyl (C=O) groups excluding carboxylic acids is 1. The number of aryl methyl sites for hydroxylation is 2. The van der Waals surface area contributed by atoms with Gasteiger partial charge in [-0.15, -0.1) is 0 Å². The first-order valence-electron chi connectivity index (χ1n) is 11.4. The highest BCUT2D eigenvalue weighted by Crippen LogP contribution is 2.35. The number of hydrogen-bond acceptors (Lipinski definition) is 2. The van der Waals surface area contributed by atoms with Gasteiger partial charge in [0.25, 0.3) is 0 Å². The molecule has 1 amide bonds. The van der Waals surface area contributed by atoms with Crippen LogP contribution in [0.5, 0.6) is 0 Å². The Bertz CT molecular complexity index is 1190. The van der Waals surface area contributed by atoms with Gasteiger partial charge in [0, 0.05) is 48.6 Å². The van der Waals surface area contributed by atoms with E-state index < -0.39 is 0 Å². The van der Waals surface area contributed by atoms with Crippen molar-refractivity contribution >= 4 is 28.2 Å². The molecule has 1 aromatic heterocycles. The molecule has 1 N–H and O–H groups in total. The van der Waals surface area contributed by atoms with Gasteiger partial charge in [0.15, 0.2) is 0 Å². The number of aromatic nitrogens is 1. The second-order valence-corrected chi connectivity index (χ2v) is 8.61. The number of benzene rings is 3. The van der Waals surface area contributed by atoms with E-state index in [4.69, 9.17) is 0 Å². The number of rotatable bonds is 6. The third-order valence-corrected chi connectivity index (χ3v) is 6.55. The van der Waals surface area contributed by atoms with Crippen molar-refractivity contribution in [3.05, 3.63) is 95.7 Å². The first-order valence-corrected chi connectivity index (χ1v) is 11.4. The van der Waals surface area contributed by atoms with Gasteiger partial charge in [0.2, 0.25) is 5.91 Å². The van der Waals surface area contributed by atoms with Crippen molar-refractivity contribution in [1.29, 1.82) is 0 Å². The number of nitrogens with one attached hydrogen (secondary N) is 1. The summed E-state index contributed by atoms with van der Waals surface area (Å²) < 4.78 is 0. The van der Waals surface area contributed by atoms with Crippen LogP contribution in [0.25, 0.3) is 10.9 Å². The molecule has 0 saturated carbocycles. The van der Waals surface area contributed by atoms with Gasteiger partial charge < -0.3 is 14.8 Å². The Morgan fingerprint density at radius 2 is 1.53 bits per heavy atom. The highest BCUT2D eigenvalue weighted by atomic mass is 16.2. The fourth-order valence-electron chi connectivity index (χ4n) is 4.78. The summed E-state index contributed by atoms with van der Waals surface area (Å²) in [4.78, 5) is 20.5. The van der Waals surface area contributed by atoms with Crippen LogP contribution >= 0.6 is 0 Å². The van der Waals surface area contributed by atoms with Gasteiger partial charge in [-0.25, -0.2) is 0 Å². The molecule has 0 aliphatic carbocycles. The van der Waals surface area contributed by atoms with Gasteiger partial charge in [-0.1, -0.05) is 54.6 Å². The number of carbonyl (C=O) groups is 1. The van der Waals surface area contributed by atoms with Gasteiger partial charge in [0.05, 0.1) is 6.42 Å². The van der Waals surface area contributed by atoms with E-state index in [-0.39, 0.29) is 5.91 Å². The zero-order valence-electron chi connectivity index (χ0n) is 18.6. The zero-order valence-corrected chi connectivity index (χ0v) is 18.6. The van der Waals surface area contributed by atoms with Gasteiger partial charge in [-0.3, -0.25) is 4.79 Å². The van der Waals surface area contributed by atoms with E-state index in [2.05, 4.69) is 64.5 Å². The van der Waals surface area contributed by atoms with Crippen molar-refractivity contribution in [2.75, 3.05) is 25.0 Å². The van der Waals surface area contributed by atoms with Gasteiger partial charge in [-0.05, 0) is 54.2 Å². The Labute approximate surface area is 189 Å². The minimum Gasteiger partial charge on any atom is -0.361 e. The Hall–Kier alpha value is -3.53. The third-order valence-electron chi connectivity index (χ3n) is 6.55. The van der Waals surface area contributed by atoms with Gasteiger partial charge >= 0.3 is 0 Å². The van der Waals surface area contributed by atoms with Gasteiger partial charge in [-0.2, -0.15) is 0 Å².